The molecular weight excluding hydrogens is 468 g/mol. The van der Waals surface area contributed by atoms with Crippen molar-refractivity contribution in [1.82, 2.24) is 16.0 Å². The summed E-state index contributed by atoms with van der Waals surface area (Å²) in [4.78, 5) is 52.9. The third kappa shape index (κ3) is 12.7. The maximum atomic E-state index is 12.9. The Hall–Kier alpha value is -3.71. The minimum Gasteiger partial charge on any atom is -0.480 e. The number of nitrogens with zero attached hydrogens (tertiary/aromatic N) is 1. The molecule has 3 unspecified atom stereocenters. The van der Waals surface area contributed by atoms with Gasteiger partial charge in [0.25, 0.3) is 0 Å². The van der Waals surface area contributed by atoms with Crippen molar-refractivity contribution in [3.63, 3.8) is 0 Å². The molecule has 0 heterocycles. The van der Waals surface area contributed by atoms with E-state index in [4.69, 9.17) is 22.9 Å². The van der Waals surface area contributed by atoms with Crippen LogP contribution in [-0.4, -0.2) is 72.5 Å². The van der Waals surface area contributed by atoms with Crippen LogP contribution in [-0.2, 0) is 25.6 Å². The minimum absolute atomic E-state index is 0.0538. The maximum absolute atomic E-state index is 12.9. The first-order valence-corrected chi connectivity index (χ1v) is 11.8. The molecule has 12 N–H and O–H groups in total. The fourth-order valence-corrected chi connectivity index (χ4v) is 3.27. The van der Waals surface area contributed by atoms with E-state index in [9.17, 15) is 24.3 Å². The number of carbonyl (C=O) groups excluding carboxylic acids is 3. The molecule has 0 aliphatic heterocycles. The number of guanidine groups is 1. The van der Waals surface area contributed by atoms with Gasteiger partial charge >= 0.3 is 5.97 Å². The third-order valence-electron chi connectivity index (χ3n) is 5.22. The van der Waals surface area contributed by atoms with Crippen LogP contribution in [0.25, 0.3) is 0 Å². The molecule has 36 heavy (non-hydrogen) atoms. The highest BCUT2D eigenvalue weighted by Crippen LogP contribution is 2.05. The van der Waals surface area contributed by atoms with Crippen molar-refractivity contribution in [1.29, 1.82) is 0 Å². The van der Waals surface area contributed by atoms with Gasteiger partial charge < -0.3 is 44.0 Å². The Morgan fingerprint density at radius 1 is 0.917 bits per heavy atom. The zero-order valence-corrected chi connectivity index (χ0v) is 20.3. The number of hydrogen-bond donors (Lipinski definition) is 8. The SMILES string of the molecule is NCCCCC(NC(=O)CNC(=O)C(Cc1ccccc1)NC(=O)C(N)CCCN=C(N)N)C(=O)O. The van der Waals surface area contributed by atoms with Gasteiger partial charge in [-0.1, -0.05) is 30.3 Å². The van der Waals surface area contributed by atoms with Gasteiger partial charge in [0.2, 0.25) is 17.7 Å². The monoisotopic (exact) mass is 506 g/mol. The molecule has 1 aromatic carbocycles. The van der Waals surface area contributed by atoms with E-state index in [0.29, 0.717) is 38.8 Å². The van der Waals surface area contributed by atoms with Gasteiger partial charge in [-0.2, -0.15) is 0 Å². The van der Waals surface area contributed by atoms with E-state index in [1.54, 1.807) is 24.3 Å². The van der Waals surface area contributed by atoms with Crippen molar-refractivity contribution in [2.45, 2.75) is 56.7 Å². The molecule has 0 bridgehead atoms. The number of aliphatic carboxylic acids is 1. The van der Waals surface area contributed by atoms with E-state index in [0.717, 1.165) is 5.56 Å². The van der Waals surface area contributed by atoms with Crippen LogP contribution in [0.1, 0.15) is 37.7 Å². The lowest BCUT2D eigenvalue weighted by molar-refractivity contribution is -0.142. The smallest absolute Gasteiger partial charge is 0.326 e. The summed E-state index contributed by atoms with van der Waals surface area (Å²) in [5, 5.41) is 16.8. The fourth-order valence-electron chi connectivity index (χ4n) is 3.27. The second-order valence-electron chi connectivity index (χ2n) is 8.27. The molecule has 0 aliphatic carbocycles. The molecule has 1 rings (SSSR count). The molecule has 0 saturated heterocycles. The number of aliphatic imine (C=N–C) groups is 1. The molecule has 0 fully saturated rings. The normalized spacial score (nSPS) is 13.1. The van der Waals surface area contributed by atoms with Gasteiger partial charge in [-0.05, 0) is 44.2 Å². The Morgan fingerprint density at radius 2 is 1.61 bits per heavy atom. The Labute approximate surface area is 210 Å². The van der Waals surface area contributed by atoms with Crippen LogP contribution in [0.5, 0.6) is 0 Å². The summed E-state index contributed by atoms with van der Waals surface area (Å²) in [7, 11) is 0. The Bertz CT molecular complexity index is 877. The number of nitrogens with one attached hydrogen (secondary N) is 3. The average Bonchev–Trinajstić information content (AvgIpc) is 2.84. The van der Waals surface area contributed by atoms with Gasteiger partial charge in [0.15, 0.2) is 5.96 Å². The molecule has 0 saturated carbocycles. The number of nitrogens with two attached hydrogens (primary N) is 4. The second kappa shape index (κ2) is 16.8. The van der Waals surface area contributed by atoms with E-state index < -0.39 is 48.4 Å². The Kier molecular flexibility index (Phi) is 14.2. The second-order valence-corrected chi connectivity index (χ2v) is 8.27. The number of carboxylic acids is 1. The number of unbranched alkanes of at least 4 members (excludes halogenated alkanes) is 1. The molecule has 13 heteroatoms. The van der Waals surface area contributed by atoms with Crippen LogP contribution < -0.4 is 38.9 Å². The summed E-state index contributed by atoms with van der Waals surface area (Å²) in [6, 6.07) is 6.03. The van der Waals surface area contributed by atoms with Crippen molar-refractivity contribution < 1.29 is 24.3 Å². The van der Waals surface area contributed by atoms with Crippen molar-refractivity contribution in [2.24, 2.45) is 27.9 Å². The van der Waals surface area contributed by atoms with E-state index in [1.165, 1.54) is 0 Å². The third-order valence-corrected chi connectivity index (χ3v) is 5.22. The molecule has 3 amide bonds. The number of carboxylic acid groups (broad SMARTS) is 1. The summed E-state index contributed by atoms with van der Waals surface area (Å²) in [5.41, 5.74) is 22.7. The van der Waals surface area contributed by atoms with Crippen LogP contribution in [0.2, 0.25) is 0 Å². The highest BCUT2D eigenvalue weighted by molar-refractivity contribution is 5.92. The largest absolute Gasteiger partial charge is 0.480 e. The molecular formula is C23H38N8O5. The highest BCUT2D eigenvalue weighted by Gasteiger charge is 2.25. The summed E-state index contributed by atoms with van der Waals surface area (Å²) in [6.45, 7) is 0.284. The van der Waals surface area contributed by atoms with Crippen LogP contribution in [0, 0.1) is 0 Å². The zero-order chi connectivity index (χ0) is 26.9. The first-order valence-electron chi connectivity index (χ1n) is 11.8. The van der Waals surface area contributed by atoms with Crippen molar-refractivity contribution >= 4 is 29.7 Å². The van der Waals surface area contributed by atoms with Gasteiger partial charge in [0.05, 0.1) is 12.6 Å². The summed E-state index contributed by atoms with van der Waals surface area (Å²) < 4.78 is 0. The molecule has 0 aliphatic rings. The van der Waals surface area contributed by atoms with Gasteiger partial charge in [-0.3, -0.25) is 19.4 Å². The fraction of sp³-hybridized carbons (Fsp3) is 0.522. The van der Waals surface area contributed by atoms with E-state index in [1.807, 2.05) is 6.07 Å². The van der Waals surface area contributed by atoms with Crippen molar-refractivity contribution in [3.8, 4) is 0 Å². The van der Waals surface area contributed by atoms with Crippen LogP contribution >= 0.6 is 0 Å². The van der Waals surface area contributed by atoms with E-state index in [2.05, 4.69) is 20.9 Å². The summed E-state index contributed by atoms with van der Waals surface area (Å²) >= 11 is 0. The van der Waals surface area contributed by atoms with E-state index in [-0.39, 0.29) is 18.8 Å². The molecule has 13 nitrogen and oxygen atoms in total. The van der Waals surface area contributed by atoms with Gasteiger partial charge in [0.1, 0.15) is 12.1 Å². The summed E-state index contributed by atoms with van der Waals surface area (Å²) in [6.07, 6.45) is 2.33. The minimum atomic E-state index is -1.17. The quantitative estimate of drug-likeness (QED) is 0.0655. The topological polar surface area (TPSA) is 241 Å². The number of hydrogen-bond acceptors (Lipinski definition) is 7. The molecule has 3 atom stereocenters. The number of carbonyl (C=O) groups is 4. The first kappa shape index (κ1) is 30.3. The lowest BCUT2D eigenvalue weighted by atomic mass is 10.0. The number of rotatable bonds is 17. The van der Waals surface area contributed by atoms with Crippen LogP contribution in [0.4, 0.5) is 0 Å². The van der Waals surface area contributed by atoms with Crippen molar-refractivity contribution in [3.05, 3.63) is 35.9 Å². The highest BCUT2D eigenvalue weighted by atomic mass is 16.4. The summed E-state index contributed by atoms with van der Waals surface area (Å²) in [5.74, 6) is -3.03. The van der Waals surface area contributed by atoms with Gasteiger partial charge in [-0.15, -0.1) is 0 Å². The average molecular weight is 507 g/mol. The molecule has 0 spiro atoms. The van der Waals surface area contributed by atoms with Gasteiger partial charge in [0, 0.05) is 13.0 Å². The lowest BCUT2D eigenvalue weighted by Crippen LogP contribution is -2.54. The molecule has 1 aromatic rings. The molecule has 0 aromatic heterocycles. The lowest BCUT2D eigenvalue weighted by Gasteiger charge is -2.21. The van der Waals surface area contributed by atoms with Crippen LogP contribution in [0.15, 0.2) is 35.3 Å². The molecule has 200 valence electrons. The van der Waals surface area contributed by atoms with E-state index >= 15 is 0 Å². The Balaban J connectivity index is 2.73. The zero-order valence-electron chi connectivity index (χ0n) is 20.3. The van der Waals surface area contributed by atoms with Gasteiger partial charge in [-0.25, -0.2) is 4.79 Å². The molecule has 0 radical (unpaired) electrons. The predicted octanol–water partition coefficient (Wildman–Crippen LogP) is -2.09. The van der Waals surface area contributed by atoms with Crippen molar-refractivity contribution in [2.75, 3.05) is 19.6 Å². The maximum Gasteiger partial charge on any atom is 0.326 e. The number of benzene rings is 1. The Morgan fingerprint density at radius 3 is 2.22 bits per heavy atom. The predicted molar refractivity (Wildman–Crippen MR) is 135 cm³/mol. The first-order chi connectivity index (χ1) is 17.1. The standard InChI is InChI=1S/C23H38N8O5/c24-11-5-4-10-17(22(35)36)30-19(32)14-29-21(34)18(13-15-7-2-1-3-8-15)31-20(33)16(25)9-6-12-28-23(26)27/h1-3,7-8,16-18H,4-6,9-14,24-25H2,(H,29,34)(H,30,32)(H,31,33)(H,35,36)(H4,26,27,28). The number of amides is 3. The van der Waals surface area contributed by atoms with Crippen LogP contribution in [0.3, 0.4) is 0 Å².